The number of furan rings is 1. The average Bonchev–Trinajstić information content (AvgIpc) is 2.96. The number of phenolic OH excluding ortho intramolecular Hbond substituents is 1. The summed E-state index contributed by atoms with van der Waals surface area (Å²) in [6.07, 6.45) is 1.13. The maximum absolute atomic E-state index is 11.8. The number of methoxy groups -OCH3 is 1. The van der Waals surface area contributed by atoms with Crippen molar-refractivity contribution < 1.29 is 24.0 Å². The van der Waals surface area contributed by atoms with Crippen LogP contribution in [0.3, 0.4) is 0 Å². The number of nitro groups is 1. The fraction of sp³-hybridized carbons (Fsp3) is 0.0769. The van der Waals surface area contributed by atoms with E-state index in [4.69, 9.17) is 9.15 Å². The molecule has 0 radical (unpaired) electrons. The second kappa shape index (κ2) is 6.39. The summed E-state index contributed by atoms with van der Waals surface area (Å²) in [5.41, 5.74) is 2.44. The van der Waals surface area contributed by atoms with E-state index in [2.05, 4.69) is 10.5 Å². The summed E-state index contributed by atoms with van der Waals surface area (Å²) < 4.78 is 9.72. The Labute approximate surface area is 124 Å². The standard InChI is InChI=1S/C13H11N3O6/c1-21-11-6-8(2-4-10(11)17)13(18)15-14-7-9-3-5-12(22-9)16(19)20/h2-7,17H,1H3,(H,15,18)/b14-7+. The lowest BCUT2D eigenvalue weighted by Gasteiger charge is -2.05. The largest absolute Gasteiger partial charge is 0.504 e. The van der Waals surface area contributed by atoms with Crippen LogP contribution in [-0.4, -0.2) is 29.3 Å². The molecule has 2 aromatic rings. The first-order valence-corrected chi connectivity index (χ1v) is 5.96. The Hall–Kier alpha value is -3.36. The molecule has 9 heteroatoms. The van der Waals surface area contributed by atoms with Crippen LogP contribution in [0.4, 0.5) is 5.88 Å². The van der Waals surface area contributed by atoms with Crippen molar-refractivity contribution in [3.8, 4) is 11.5 Å². The highest BCUT2D eigenvalue weighted by molar-refractivity contribution is 5.95. The second-order valence-corrected chi connectivity index (χ2v) is 4.02. The minimum absolute atomic E-state index is 0.0922. The molecular formula is C13H11N3O6. The first-order chi connectivity index (χ1) is 10.5. The number of hydrogen-bond acceptors (Lipinski definition) is 7. The van der Waals surface area contributed by atoms with E-state index in [0.717, 1.165) is 6.21 Å². The highest BCUT2D eigenvalue weighted by atomic mass is 16.6. The molecule has 1 aromatic heterocycles. The van der Waals surface area contributed by atoms with E-state index in [-0.39, 0.29) is 22.8 Å². The Morgan fingerprint density at radius 3 is 2.86 bits per heavy atom. The van der Waals surface area contributed by atoms with Gasteiger partial charge in [0.2, 0.25) is 0 Å². The van der Waals surface area contributed by atoms with E-state index >= 15 is 0 Å². The number of carbonyl (C=O) groups excluding carboxylic acids is 1. The molecule has 2 rings (SSSR count). The summed E-state index contributed by atoms with van der Waals surface area (Å²) in [6, 6.07) is 6.57. The molecule has 1 aromatic carbocycles. The van der Waals surface area contributed by atoms with Gasteiger partial charge < -0.3 is 14.3 Å². The zero-order valence-corrected chi connectivity index (χ0v) is 11.3. The van der Waals surface area contributed by atoms with Gasteiger partial charge >= 0.3 is 5.88 Å². The van der Waals surface area contributed by atoms with Gasteiger partial charge in [0.25, 0.3) is 5.91 Å². The van der Waals surface area contributed by atoms with Crippen LogP contribution in [0.1, 0.15) is 16.1 Å². The molecule has 0 spiro atoms. The molecule has 0 unspecified atom stereocenters. The molecule has 22 heavy (non-hydrogen) atoms. The van der Waals surface area contributed by atoms with Gasteiger partial charge in [-0.3, -0.25) is 14.9 Å². The maximum atomic E-state index is 11.8. The van der Waals surface area contributed by atoms with E-state index in [0.29, 0.717) is 0 Å². The minimum Gasteiger partial charge on any atom is -0.504 e. The lowest BCUT2D eigenvalue weighted by molar-refractivity contribution is -0.402. The van der Waals surface area contributed by atoms with Crippen LogP contribution in [0.2, 0.25) is 0 Å². The summed E-state index contributed by atoms with van der Waals surface area (Å²) >= 11 is 0. The monoisotopic (exact) mass is 305 g/mol. The van der Waals surface area contributed by atoms with E-state index in [1.807, 2.05) is 0 Å². The van der Waals surface area contributed by atoms with E-state index in [9.17, 15) is 20.0 Å². The van der Waals surface area contributed by atoms with E-state index in [1.165, 1.54) is 37.4 Å². The lowest BCUT2D eigenvalue weighted by Crippen LogP contribution is -2.17. The Kier molecular flexibility index (Phi) is 4.37. The third kappa shape index (κ3) is 3.39. The zero-order valence-electron chi connectivity index (χ0n) is 11.3. The molecule has 0 aliphatic rings. The number of nitrogens with zero attached hydrogens (tertiary/aromatic N) is 2. The van der Waals surface area contributed by atoms with Crippen LogP contribution < -0.4 is 10.2 Å². The summed E-state index contributed by atoms with van der Waals surface area (Å²) in [5, 5.41) is 23.5. The van der Waals surface area contributed by atoms with Crippen LogP contribution in [0, 0.1) is 10.1 Å². The number of nitrogens with one attached hydrogen (secondary N) is 1. The van der Waals surface area contributed by atoms with Gasteiger partial charge in [-0.15, -0.1) is 0 Å². The molecule has 1 heterocycles. The summed E-state index contributed by atoms with van der Waals surface area (Å²) in [4.78, 5) is 21.6. The Morgan fingerprint density at radius 2 is 2.23 bits per heavy atom. The van der Waals surface area contributed by atoms with Crippen molar-refractivity contribution in [1.82, 2.24) is 5.43 Å². The van der Waals surface area contributed by atoms with Crippen LogP contribution in [0.25, 0.3) is 0 Å². The average molecular weight is 305 g/mol. The lowest BCUT2D eigenvalue weighted by atomic mass is 10.2. The number of carbonyl (C=O) groups is 1. The van der Waals surface area contributed by atoms with Crippen molar-refractivity contribution in [3.05, 3.63) is 51.8 Å². The van der Waals surface area contributed by atoms with Crippen LogP contribution in [0.5, 0.6) is 11.5 Å². The van der Waals surface area contributed by atoms with Crippen LogP contribution in [-0.2, 0) is 0 Å². The molecular weight excluding hydrogens is 294 g/mol. The molecule has 0 saturated carbocycles. The number of ether oxygens (including phenoxy) is 1. The predicted octanol–water partition coefficient (Wildman–Crippen LogP) is 1.67. The van der Waals surface area contributed by atoms with Gasteiger partial charge in [0.1, 0.15) is 4.92 Å². The van der Waals surface area contributed by atoms with Gasteiger partial charge in [0.05, 0.1) is 19.4 Å². The number of phenols is 1. The number of aromatic hydroxyl groups is 1. The normalized spacial score (nSPS) is 10.6. The van der Waals surface area contributed by atoms with E-state index < -0.39 is 16.7 Å². The predicted molar refractivity (Wildman–Crippen MR) is 75.1 cm³/mol. The Morgan fingerprint density at radius 1 is 1.45 bits per heavy atom. The number of amides is 1. The Bertz CT molecular complexity index is 737. The number of hydrazone groups is 1. The molecule has 1 amide bonds. The van der Waals surface area contributed by atoms with Gasteiger partial charge in [-0.1, -0.05) is 0 Å². The van der Waals surface area contributed by atoms with Gasteiger partial charge in [0.15, 0.2) is 17.3 Å². The highest BCUT2D eigenvalue weighted by Gasteiger charge is 2.11. The number of rotatable bonds is 5. The SMILES string of the molecule is COc1cc(C(=O)N/N=C/c2ccc([N+](=O)[O-])o2)ccc1O. The van der Waals surface area contributed by atoms with Crippen LogP contribution >= 0.6 is 0 Å². The summed E-state index contributed by atoms with van der Waals surface area (Å²) in [7, 11) is 1.36. The summed E-state index contributed by atoms with van der Waals surface area (Å²) in [5.74, 6) is -0.786. The molecule has 0 atom stereocenters. The molecule has 0 saturated heterocycles. The molecule has 0 bridgehead atoms. The van der Waals surface area contributed by atoms with Crippen molar-refractivity contribution in [1.29, 1.82) is 0 Å². The van der Waals surface area contributed by atoms with E-state index in [1.54, 1.807) is 0 Å². The quantitative estimate of drug-likeness (QED) is 0.491. The second-order valence-electron chi connectivity index (χ2n) is 4.02. The van der Waals surface area contributed by atoms with Crippen molar-refractivity contribution in [2.45, 2.75) is 0 Å². The molecule has 2 N–H and O–H groups in total. The molecule has 0 aliphatic heterocycles. The van der Waals surface area contributed by atoms with Crippen molar-refractivity contribution >= 4 is 18.0 Å². The van der Waals surface area contributed by atoms with Gasteiger partial charge in [-0.25, -0.2) is 5.43 Å². The fourth-order valence-electron chi connectivity index (χ4n) is 1.55. The topological polar surface area (TPSA) is 127 Å². The number of hydrogen-bond donors (Lipinski definition) is 2. The zero-order chi connectivity index (χ0) is 16.1. The highest BCUT2D eigenvalue weighted by Crippen LogP contribution is 2.26. The van der Waals surface area contributed by atoms with Crippen molar-refractivity contribution in [2.75, 3.05) is 7.11 Å². The first-order valence-electron chi connectivity index (χ1n) is 5.96. The van der Waals surface area contributed by atoms with Gasteiger partial charge in [0, 0.05) is 5.56 Å². The minimum atomic E-state index is -0.682. The van der Waals surface area contributed by atoms with Crippen molar-refractivity contribution in [2.24, 2.45) is 5.10 Å². The van der Waals surface area contributed by atoms with Gasteiger partial charge in [-0.05, 0) is 24.3 Å². The van der Waals surface area contributed by atoms with Crippen molar-refractivity contribution in [3.63, 3.8) is 0 Å². The molecule has 0 fully saturated rings. The smallest absolute Gasteiger partial charge is 0.433 e. The Balaban J connectivity index is 2.02. The number of benzene rings is 1. The summed E-state index contributed by atoms with van der Waals surface area (Å²) in [6.45, 7) is 0. The molecule has 0 aliphatic carbocycles. The third-order valence-electron chi connectivity index (χ3n) is 2.59. The first kappa shape index (κ1) is 15.0. The third-order valence-corrected chi connectivity index (χ3v) is 2.59. The fourth-order valence-corrected chi connectivity index (χ4v) is 1.55. The maximum Gasteiger partial charge on any atom is 0.433 e. The molecule has 9 nitrogen and oxygen atoms in total. The van der Waals surface area contributed by atoms with Crippen LogP contribution in [0.15, 0.2) is 39.9 Å². The van der Waals surface area contributed by atoms with Gasteiger partial charge in [-0.2, -0.15) is 5.10 Å². The molecule has 114 valence electrons.